The summed E-state index contributed by atoms with van der Waals surface area (Å²) in [7, 11) is 0. The number of anilines is 1. The smallest absolute Gasteiger partial charge is 0.298 e. The minimum atomic E-state index is 0.0313. The molecule has 3 heterocycles. The van der Waals surface area contributed by atoms with E-state index in [4.69, 9.17) is 4.42 Å². The number of hydrogen-bond acceptors (Lipinski definition) is 4. The van der Waals surface area contributed by atoms with Gasteiger partial charge in [-0.2, -0.15) is 4.98 Å². The molecule has 0 amide bonds. The lowest BCUT2D eigenvalue weighted by molar-refractivity contribution is 0.0941. The average Bonchev–Trinajstić information content (AvgIpc) is 3.16. The topological polar surface area (TPSA) is 49.5 Å². The van der Waals surface area contributed by atoms with Gasteiger partial charge in [0.25, 0.3) is 6.01 Å². The summed E-state index contributed by atoms with van der Waals surface area (Å²) in [5.74, 6) is 0. The van der Waals surface area contributed by atoms with Gasteiger partial charge in [0.2, 0.25) is 0 Å². The number of rotatable bonds is 3. The molecule has 1 N–H and O–H groups in total. The van der Waals surface area contributed by atoms with Crippen LogP contribution in [0.2, 0.25) is 0 Å². The maximum Gasteiger partial charge on any atom is 0.298 e. The highest BCUT2D eigenvalue weighted by molar-refractivity contribution is 5.74. The Kier molecular flexibility index (Phi) is 2.58. The second-order valence-corrected chi connectivity index (χ2v) is 6.20. The second-order valence-electron chi connectivity index (χ2n) is 6.20. The van der Waals surface area contributed by atoms with Gasteiger partial charge in [-0.15, -0.1) is 0 Å². The number of fused-ring (bicyclic) bond motifs is 3. The zero-order chi connectivity index (χ0) is 13.7. The zero-order valence-corrected chi connectivity index (χ0v) is 11.7. The average molecular weight is 272 g/mol. The van der Waals surface area contributed by atoms with Crippen molar-refractivity contribution in [2.45, 2.75) is 44.7 Å². The van der Waals surface area contributed by atoms with Crippen LogP contribution in [0.15, 0.2) is 28.7 Å². The van der Waals surface area contributed by atoms with Crippen LogP contribution in [0.4, 0.5) is 6.01 Å². The van der Waals surface area contributed by atoms with E-state index in [1.807, 2.05) is 24.3 Å². The molecule has 2 aromatic rings. The maximum absolute atomic E-state index is 9.87. The second kappa shape index (κ2) is 4.22. The first-order valence-corrected chi connectivity index (χ1v) is 7.52. The lowest BCUT2D eigenvalue weighted by Crippen LogP contribution is -2.39. The van der Waals surface area contributed by atoms with E-state index >= 15 is 0 Å². The number of benzene rings is 1. The van der Waals surface area contributed by atoms with Crippen LogP contribution in [-0.2, 0) is 0 Å². The van der Waals surface area contributed by atoms with Gasteiger partial charge < -0.3 is 14.4 Å². The summed E-state index contributed by atoms with van der Waals surface area (Å²) >= 11 is 0. The van der Waals surface area contributed by atoms with Crippen molar-refractivity contribution >= 4 is 17.1 Å². The molecule has 0 aliphatic carbocycles. The van der Waals surface area contributed by atoms with Gasteiger partial charge in [0, 0.05) is 17.5 Å². The molecule has 2 saturated heterocycles. The minimum absolute atomic E-state index is 0.0313. The predicted molar refractivity (Wildman–Crippen MR) is 77.7 cm³/mol. The number of hydrogen-bond donors (Lipinski definition) is 1. The van der Waals surface area contributed by atoms with E-state index in [-0.39, 0.29) is 12.0 Å². The van der Waals surface area contributed by atoms with Gasteiger partial charge in [0.05, 0.1) is 6.61 Å². The van der Waals surface area contributed by atoms with Crippen molar-refractivity contribution in [3.8, 4) is 0 Å². The summed E-state index contributed by atoms with van der Waals surface area (Å²) in [4.78, 5) is 6.98. The summed E-state index contributed by atoms with van der Waals surface area (Å²) in [6.45, 7) is 2.45. The quantitative estimate of drug-likeness (QED) is 0.933. The van der Waals surface area contributed by atoms with Crippen molar-refractivity contribution < 1.29 is 9.52 Å². The fraction of sp³-hybridized carbons (Fsp3) is 0.562. The molecular formula is C16H20N2O2. The Bertz CT molecular complexity index is 599. The summed E-state index contributed by atoms with van der Waals surface area (Å²) < 4.78 is 5.95. The van der Waals surface area contributed by atoms with E-state index in [2.05, 4.69) is 16.8 Å². The van der Waals surface area contributed by atoms with Crippen LogP contribution in [0.3, 0.4) is 0 Å². The highest BCUT2D eigenvalue weighted by Crippen LogP contribution is 2.52. The molecular weight excluding hydrogens is 252 g/mol. The highest BCUT2D eigenvalue weighted by Gasteiger charge is 2.56. The standard InChI is InChI=1S/C16H20N2O2/c1-2-16(10-19)9-11-7-8-14(16)18(11)15-17-12-5-3-4-6-13(12)20-15/h3-6,11,14,19H,2,7-10H2,1H3/t11-,14+,16-/m1/s1. The Balaban J connectivity index is 1.76. The monoisotopic (exact) mass is 272 g/mol. The van der Waals surface area contributed by atoms with Crippen LogP contribution >= 0.6 is 0 Å². The number of nitrogens with zero attached hydrogens (tertiary/aromatic N) is 2. The fourth-order valence-corrected chi connectivity index (χ4v) is 4.21. The van der Waals surface area contributed by atoms with E-state index in [1.165, 1.54) is 6.42 Å². The maximum atomic E-state index is 9.87. The van der Waals surface area contributed by atoms with Crippen molar-refractivity contribution in [2.24, 2.45) is 5.41 Å². The van der Waals surface area contributed by atoms with Gasteiger partial charge >= 0.3 is 0 Å². The lowest BCUT2D eigenvalue weighted by atomic mass is 9.72. The molecule has 2 bridgehead atoms. The molecule has 0 unspecified atom stereocenters. The third-order valence-electron chi connectivity index (χ3n) is 5.37. The summed E-state index contributed by atoms with van der Waals surface area (Å²) in [6.07, 6.45) is 4.40. The van der Waals surface area contributed by atoms with Crippen LogP contribution in [0.1, 0.15) is 32.6 Å². The number of aliphatic hydroxyl groups is 1. The predicted octanol–water partition coefficient (Wildman–Crippen LogP) is 2.96. The normalized spacial score (nSPS) is 32.4. The van der Waals surface area contributed by atoms with Crippen molar-refractivity contribution in [3.05, 3.63) is 24.3 Å². The molecule has 1 aromatic carbocycles. The Morgan fingerprint density at radius 2 is 2.25 bits per heavy atom. The van der Waals surface area contributed by atoms with Crippen LogP contribution in [0.25, 0.3) is 11.1 Å². The Morgan fingerprint density at radius 3 is 2.95 bits per heavy atom. The molecule has 106 valence electrons. The van der Waals surface area contributed by atoms with Crippen molar-refractivity contribution in [1.29, 1.82) is 0 Å². The van der Waals surface area contributed by atoms with Gasteiger partial charge in [-0.25, -0.2) is 0 Å². The van der Waals surface area contributed by atoms with Gasteiger partial charge in [0.1, 0.15) is 5.52 Å². The van der Waals surface area contributed by atoms with Crippen LogP contribution in [0, 0.1) is 5.41 Å². The number of aliphatic hydroxyl groups excluding tert-OH is 1. The summed E-state index contributed by atoms with van der Waals surface area (Å²) in [6, 6.07) is 9.48. The molecule has 3 atom stereocenters. The lowest BCUT2D eigenvalue weighted by Gasteiger charge is -2.34. The SMILES string of the molecule is CC[C@]1(CO)C[C@H]2CC[C@@H]1N2c1nc2ccccc2o1. The molecule has 4 rings (SSSR count). The molecule has 2 fully saturated rings. The van der Waals surface area contributed by atoms with Gasteiger partial charge in [-0.05, 0) is 37.8 Å². The summed E-state index contributed by atoms with van der Waals surface area (Å²) in [5.41, 5.74) is 1.80. The van der Waals surface area contributed by atoms with Gasteiger partial charge in [-0.1, -0.05) is 19.1 Å². The van der Waals surface area contributed by atoms with Crippen LogP contribution < -0.4 is 4.90 Å². The fourth-order valence-electron chi connectivity index (χ4n) is 4.21. The number of para-hydroxylation sites is 2. The molecule has 0 saturated carbocycles. The van der Waals surface area contributed by atoms with E-state index in [0.29, 0.717) is 12.1 Å². The molecule has 4 heteroatoms. The molecule has 2 aliphatic heterocycles. The molecule has 2 aliphatic rings. The van der Waals surface area contributed by atoms with Crippen LogP contribution in [0.5, 0.6) is 0 Å². The molecule has 20 heavy (non-hydrogen) atoms. The van der Waals surface area contributed by atoms with E-state index in [0.717, 1.165) is 36.4 Å². The first-order chi connectivity index (χ1) is 9.77. The molecule has 0 radical (unpaired) electrons. The molecule has 4 nitrogen and oxygen atoms in total. The first kappa shape index (κ1) is 12.2. The van der Waals surface area contributed by atoms with Crippen molar-refractivity contribution in [1.82, 2.24) is 4.98 Å². The number of oxazole rings is 1. The molecule has 0 spiro atoms. The number of aromatic nitrogens is 1. The first-order valence-electron chi connectivity index (χ1n) is 7.52. The summed E-state index contributed by atoms with van der Waals surface area (Å²) in [5, 5.41) is 9.87. The third kappa shape index (κ3) is 1.48. The van der Waals surface area contributed by atoms with Crippen molar-refractivity contribution in [3.63, 3.8) is 0 Å². The minimum Gasteiger partial charge on any atom is -0.423 e. The van der Waals surface area contributed by atoms with Gasteiger partial charge in [0.15, 0.2) is 5.58 Å². The highest BCUT2D eigenvalue weighted by atomic mass is 16.4. The van der Waals surface area contributed by atoms with Gasteiger partial charge in [-0.3, -0.25) is 0 Å². The van der Waals surface area contributed by atoms with Crippen LogP contribution in [-0.4, -0.2) is 28.8 Å². The molecule has 1 aromatic heterocycles. The Labute approximate surface area is 118 Å². The third-order valence-corrected chi connectivity index (χ3v) is 5.37. The van der Waals surface area contributed by atoms with Crippen molar-refractivity contribution in [2.75, 3.05) is 11.5 Å². The Morgan fingerprint density at radius 1 is 1.40 bits per heavy atom. The Hall–Kier alpha value is -1.55. The van der Waals surface area contributed by atoms with E-state index in [9.17, 15) is 5.11 Å². The van der Waals surface area contributed by atoms with E-state index < -0.39 is 0 Å². The zero-order valence-electron chi connectivity index (χ0n) is 11.7. The van der Waals surface area contributed by atoms with E-state index in [1.54, 1.807) is 0 Å². The largest absolute Gasteiger partial charge is 0.423 e.